The summed E-state index contributed by atoms with van der Waals surface area (Å²) < 4.78 is 0. The number of amides is 1. The standard InChI is InChI=1S/C8H16N2O/c1-7(11)9-8-4-3-5-10(2)6-8/h8H,3-6H2,1-2H3,(H,9,11). The van der Waals surface area contributed by atoms with Crippen LogP contribution in [0.5, 0.6) is 0 Å². The monoisotopic (exact) mass is 156 g/mol. The molecule has 1 saturated heterocycles. The lowest BCUT2D eigenvalue weighted by Crippen LogP contribution is -2.45. The molecule has 0 aromatic heterocycles. The van der Waals surface area contributed by atoms with Gasteiger partial charge < -0.3 is 10.2 Å². The van der Waals surface area contributed by atoms with Crippen LogP contribution < -0.4 is 5.32 Å². The zero-order chi connectivity index (χ0) is 8.27. The molecule has 1 N–H and O–H groups in total. The Bertz CT molecular complexity index is 147. The minimum atomic E-state index is 0.0882. The second kappa shape index (κ2) is 3.72. The van der Waals surface area contributed by atoms with Crippen LogP contribution in [0.15, 0.2) is 0 Å². The number of hydrogen-bond acceptors (Lipinski definition) is 2. The Morgan fingerprint density at radius 2 is 2.36 bits per heavy atom. The number of nitrogens with one attached hydrogen (secondary N) is 1. The van der Waals surface area contributed by atoms with Crippen molar-refractivity contribution in [3.63, 3.8) is 0 Å². The molecule has 1 rings (SSSR count). The zero-order valence-electron chi connectivity index (χ0n) is 7.26. The van der Waals surface area contributed by atoms with Crippen LogP contribution in [-0.4, -0.2) is 37.0 Å². The number of likely N-dealkylation sites (N-methyl/N-ethyl adjacent to an activating group) is 1. The van der Waals surface area contributed by atoms with E-state index in [1.807, 2.05) is 0 Å². The molecule has 0 bridgehead atoms. The highest BCUT2D eigenvalue weighted by Crippen LogP contribution is 2.07. The SMILES string of the molecule is CC(=O)NC1CCCN(C)C1. The van der Waals surface area contributed by atoms with Crippen LogP contribution in [0.4, 0.5) is 0 Å². The molecule has 3 nitrogen and oxygen atoms in total. The van der Waals surface area contributed by atoms with Crippen LogP contribution in [0.2, 0.25) is 0 Å². The number of carbonyl (C=O) groups excluding carboxylic acids is 1. The fraction of sp³-hybridized carbons (Fsp3) is 0.875. The maximum Gasteiger partial charge on any atom is 0.217 e. The first-order valence-corrected chi connectivity index (χ1v) is 4.14. The van der Waals surface area contributed by atoms with E-state index in [9.17, 15) is 4.79 Å². The van der Waals surface area contributed by atoms with Crippen LogP contribution in [0.25, 0.3) is 0 Å². The molecule has 11 heavy (non-hydrogen) atoms. The lowest BCUT2D eigenvalue weighted by Gasteiger charge is -2.29. The average molecular weight is 156 g/mol. The predicted octanol–water partition coefficient (Wildman–Crippen LogP) is 0.217. The van der Waals surface area contributed by atoms with Crippen LogP contribution in [0.1, 0.15) is 19.8 Å². The quantitative estimate of drug-likeness (QED) is 0.589. The first kappa shape index (κ1) is 8.53. The Morgan fingerprint density at radius 1 is 1.64 bits per heavy atom. The van der Waals surface area contributed by atoms with Crippen molar-refractivity contribution in [2.24, 2.45) is 0 Å². The largest absolute Gasteiger partial charge is 0.352 e. The number of carbonyl (C=O) groups is 1. The fourth-order valence-corrected chi connectivity index (χ4v) is 1.57. The highest BCUT2D eigenvalue weighted by atomic mass is 16.1. The second-order valence-corrected chi connectivity index (χ2v) is 3.30. The molecule has 0 aromatic rings. The van der Waals surface area contributed by atoms with Gasteiger partial charge in [-0.25, -0.2) is 0 Å². The van der Waals surface area contributed by atoms with Crippen molar-refractivity contribution < 1.29 is 4.79 Å². The first-order chi connectivity index (χ1) is 5.18. The van der Waals surface area contributed by atoms with Gasteiger partial charge in [-0.3, -0.25) is 4.79 Å². The van der Waals surface area contributed by atoms with E-state index in [0.29, 0.717) is 6.04 Å². The summed E-state index contributed by atoms with van der Waals surface area (Å²) in [5.41, 5.74) is 0. The van der Waals surface area contributed by atoms with Gasteiger partial charge in [0, 0.05) is 19.5 Å². The van der Waals surface area contributed by atoms with E-state index < -0.39 is 0 Å². The molecule has 1 unspecified atom stereocenters. The Kier molecular flexibility index (Phi) is 2.88. The van der Waals surface area contributed by atoms with E-state index in [1.165, 1.54) is 6.42 Å². The van der Waals surface area contributed by atoms with Crippen LogP contribution in [0, 0.1) is 0 Å². The van der Waals surface area contributed by atoms with Crippen LogP contribution >= 0.6 is 0 Å². The van der Waals surface area contributed by atoms with Gasteiger partial charge in [0.1, 0.15) is 0 Å². The summed E-state index contributed by atoms with van der Waals surface area (Å²) in [7, 11) is 2.09. The number of piperidine rings is 1. The molecular formula is C8H16N2O. The minimum Gasteiger partial charge on any atom is -0.352 e. The molecule has 1 aliphatic rings. The predicted molar refractivity (Wildman–Crippen MR) is 44.3 cm³/mol. The van der Waals surface area contributed by atoms with E-state index in [4.69, 9.17) is 0 Å². The first-order valence-electron chi connectivity index (χ1n) is 4.14. The smallest absolute Gasteiger partial charge is 0.217 e. The Labute approximate surface area is 67.8 Å². The van der Waals surface area contributed by atoms with Crippen molar-refractivity contribution in [1.29, 1.82) is 0 Å². The third kappa shape index (κ3) is 2.89. The van der Waals surface area contributed by atoms with Gasteiger partial charge in [0.15, 0.2) is 0 Å². The molecule has 1 amide bonds. The topological polar surface area (TPSA) is 32.3 Å². The fourth-order valence-electron chi connectivity index (χ4n) is 1.57. The maximum atomic E-state index is 10.7. The lowest BCUT2D eigenvalue weighted by molar-refractivity contribution is -0.119. The van der Waals surface area contributed by atoms with Crippen molar-refractivity contribution in [1.82, 2.24) is 10.2 Å². The van der Waals surface area contributed by atoms with Gasteiger partial charge in [0.2, 0.25) is 5.91 Å². The molecule has 1 heterocycles. The summed E-state index contributed by atoms with van der Waals surface area (Å²) in [5.74, 6) is 0.0882. The molecule has 0 aliphatic carbocycles. The van der Waals surface area contributed by atoms with Gasteiger partial charge in [-0.15, -0.1) is 0 Å². The molecule has 0 radical (unpaired) electrons. The summed E-state index contributed by atoms with van der Waals surface area (Å²) >= 11 is 0. The Hall–Kier alpha value is -0.570. The summed E-state index contributed by atoms with van der Waals surface area (Å²) in [6.07, 6.45) is 2.32. The number of likely N-dealkylation sites (tertiary alicyclic amines) is 1. The van der Waals surface area contributed by atoms with Crippen molar-refractivity contribution in [2.75, 3.05) is 20.1 Å². The van der Waals surface area contributed by atoms with Gasteiger partial charge >= 0.3 is 0 Å². The molecule has 0 saturated carbocycles. The molecule has 1 atom stereocenters. The van der Waals surface area contributed by atoms with E-state index in [-0.39, 0.29) is 5.91 Å². The number of rotatable bonds is 1. The minimum absolute atomic E-state index is 0.0882. The molecule has 1 fully saturated rings. The van der Waals surface area contributed by atoms with Gasteiger partial charge in [-0.2, -0.15) is 0 Å². The molecule has 0 aromatic carbocycles. The molecule has 64 valence electrons. The average Bonchev–Trinajstić information content (AvgIpc) is 1.85. The number of nitrogens with zero attached hydrogens (tertiary/aromatic N) is 1. The summed E-state index contributed by atoms with van der Waals surface area (Å²) in [6, 6.07) is 0.381. The summed E-state index contributed by atoms with van der Waals surface area (Å²) in [6.45, 7) is 3.74. The third-order valence-electron chi connectivity index (χ3n) is 2.03. The van der Waals surface area contributed by atoms with Gasteiger partial charge in [-0.05, 0) is 26.4 Å². The van der Waals surface area contributed by atoms with E-state index in [1.54, 1.807) is 6.92 Å². The van der Waals surface area contributed by atoms with Crippen molar-refractivity contribution in [3.8, 4) is 0 Å². The van der Waals surface area contributed by atoms with E-state index in [0.717, 1.165) is 19.5 Å². The normalized spacial score (nSPS) is 26.5. The van der Waals surface area contributed by atoms with Crippen LogP contribution in [0.3, 0.4) is 0 Å². The van der Waals surface area contributed by atoms with Crippen LogP contribution in [-0.2, 0) is 4.79 Å². The molecule has 1 aliphatic heterocycles. The van der Waals surface area contributed by atoms with Gasteiger partial charge in [0.25, 0.3) is 0 Å². The van der Waals surface area contributed by atoms with Gasteiger partial charge in [-0.1, -0.05) is 0 Å². The van der Waals surface area contributed by atoms with Crippen molar-refractivity contribution >= 4 is 5.91 Å². The summed E-state index contributed by atoms with van der Waals surface area (Å²) in [5, 5.41) is 2.93. The van der Waals surface area contributed by atoms with Crippen molar-refractivity contribution in [3.05, 3.63) is 0 Å². The molecule has 3 heteroatoms. The van der Waals surface area contributed by atoms with Gasteiger partial charge in [0.05, 0.1) is 0 Å². The highest BCUT2D eigenvalue weighted by molar-refractivity contribution is 5.73. The van der Waals surface area contributed by atoms with E-state index in [2.05, 4.69) is 17.3 Å². The summed E-state index contributed by atoms with van der Waals surface area (Å²) in [4.78, 5) is 12.9. The highest BCUT2D eigenvalue weighted by Gasteiger charge is 2.16. The third-order valence-corrected chi connectivity index (χ3v) is 2.03. The number of hydrogen-bond donors (Lipinski definition) is 1. The van der Waals surface area contributed by atoms with E-state index >= 15 is 0 Å². The molecular weight excluding hydrogens is 140 g/mol. The molecule has 0 spiro atoms. The maximum absolute atomic E-state index is 10.7. The lowest BCUT2D eigenvalue weighted by atomic mass is 10.1. The Balaban J connectivity index is 2.28. The Morgan fingerprint density at radius 3 is 2.91 bits per heavy atom. The van der Waals surface area contributed by atoms with Crippen molar-refractivity contribution in [2.45, 2.75) is 25.8 Å². The second-order valence-electron chi connectivity index (χ2n) is 3.30. The zero-order valence-corrected chi connectivity index (χ0v) is 7.26.